The zero-order chi connectivity index (χ0) is 13.7. The van der Waals surface area contributed by atoms with Gasteiger partial charge in [-0.25, -0.2) is 8.78 Å². The number of alkyl halides is 2. The lowest BCUT2D eigenvalue weighted by Gasteiger charge is -2.26. The highest BCUT2D eigenvalue weighted by Crippen LogP contribution is 2.28. The fraction of sp³-hybridized carbons (Fsp3) is 0.625. The van der Waals surface area contributed by atoms with E-state index in [1.165, 1.54) is 31.7 Å². The topological polar surface area (TPSA) is 12.0 Å². The van der Waals surface area contributed by atoms with Crippen molar-refractivity contribution in [3.05, 3.63) is 35.4 Å². The first kappa shape index (κ1) is 14.4. The Kier molecular flexibility index (Phi) is 5.32. The minimum Gasteiger partial charge on any atom is -0.312 e. The molecule has 106 valence electrons. The molecule has 2 atom stereocenters. The second-order valence-corrected chi connectivity index (χ2v) is 5.81. The maximum atomic E-state index is 12.6. The third-order valence-electron chi connectivity index (χ3n) is 4.01. The van der Waals surface area contributed by atoms with Crippen LogP contribution in [0.2, 0.25) is 0 Å². The molecule has 1 aromatic carbocycles. The summed E-state index contributed by atoms with van der Waals surface area (Å²) in [6, 6.07) is 6.70. The van der Waals surface area contributed by atoms with Crippen molar-refractivity contribution >= 4 is 0 Å². The molecule has 1 aliphatic carbocycles. The number of hydrogen-bond donors (Lipinski definition) is 1. The van der Waals surface area contributed by atoms with Gasteiger partial charge in [-0.05, 0) is 42.9 Å². The van der Waals surface area contributed by atoms with Gasteiger partial charge in [-0.2, -0.15) is 0 Å². The van der Waals surface area contributed by atoms with E-state index >= 15 is 0 Å². The van der Waals surface area contributed by atoms with Crippen LogP contribution >= 0.6 is 0 Å². The molecule has 0 heterocycles. The summed E-state index contributed by atoms with van der Waals surface area (Å²) >= 11 is 0. The maximum absolute atomic E-state index is 12.6. The zero-order valence-electron chi connectivity index (χ0n) is 11.5. The second-order valence-electron chi connectivity index (χ2n) is 5.81. The van der Waals surface area contributed by atoms with E-state index in [4.69, 9.17) is 0 Å². The Morgan fingerprint density at radius 3 is 2.89 bits per heavy atom. The molecule has 1 saturated carbocycles. The van der Waals surface area contributed by atoms with Gasteiger partial charge in [-0.1, -0.05) is 38.0 Å². The molecule has 0 amide bonds. The molecule has 1 fully saturated rings. The number of rotatable bonds is 5. The van der Waals surface area contributed by atoms with Crippen LogP contribution in [0.25, 0.3) is 0 Å². The first-order valence-electron chi connectivity index (χ1n) is 7.23. The fourth-order valence-electron chi connectivity index (χ4n) is 3.00. The van der Waals surface area contributed by atoms with Crippen LogP contribution in [-0.2, 0) is 6.54 Å². The lowest BCUT2D eigenvalue weighted by molar-refractivity contribution is 0.151. The predicted molar refractivity (Wildman–Crippen MR) is 74.2 cm³/mol. The molecule has 0 saturated heterocycles. The van der Waals surface area contributed by atoms with Crippen molar-refractivity contribution in [2.45, 2.75) is 45.6 Å². The number of halogens is 2. The largest absolute Gasteiger partial charge is 0.312 e. The normalized spacial score (nSPS) is 23.8. The summed E-state index contributed by atoms with van der Waals surface area (Å²) < 4.78 is 25.2. The highest BCUT2D eigenvalue weighted by atomic mass is 19.3. The van der Waals surface area contributed by atoms with Crippen molar-refractivity contribution in [2.75, 3.05) is 6.54 Å². The van der Waals surface area contributed by atoms with Gasteiger partial charge in [0.1, 0.15) is 0 Å². The SMILES string of the molecule is CC1CCCC(CNCc2cccc(C(F)F)c2)C1. The molecule has 0 bridgehead atoms. The average Bonchev–Trinajstić information content (AvgIpc) is 2.39. The molecule has 19 heavy (non-hydrogen) atoms. The molecule has 0 spiro atoms. The first-order chi connectivity index (χ1) is 9.15. The van der Waals surface area contributed by atoms with Crippen LogP contribution in [0, 0.1) is 11.8 Å². The second kappa shape index (κ2) is 6.99. The summed E-state index contributed by atoms with van der Waals surface area (Å²) in [5, 5.41) is 3.41. The van der Waals surface area contributed by atoms with Gasteiger partial charge in [0.2, 0.25) is 0 Å². The Labute approximate surface area is 114 Å². The van der Waals surface area contributed by atoms with Crippen LogP contribution in [0.1, 0.15) is 50.2 Å². The van der Waals surface area contributed by atoms with Gasteiger partial charge in [-0.3, -0.25) is 0 Å². The molecular weight excluding hydrogens is 244 g/mol. The van der Waals surface area contributed by atoms with Crippen molar-refractivity contribution in [3.63, 3.8) is 0 Å². The van der Waals surface area contributed by atoms with E-state index in [9.17, 15) is 8.78 Å². The zero-order valence-corrected chi connectivity index (χ0v) is 11.5. The van der Waals surface area contributed by atoms with Crippen molar-refractivity contribution < 1.29 is 8.78 Å². The lowest BCUT2D eigenvalue weighted by Crippen LogP contribution is -2.26. The monoisotopic (exact) mass is 267 g/mol. The van der Waals surface area contributed by atoms with Gasteiger partial charge < -0.3 is 5.32 Å². The minimum atomic E-state index is -2.38. The maximum Gasteiger partial charge on any atom is 0.263 e. The molecule has 1 nitrogen and oxygen atoms in total. The predicted octanol–water partition coefficient (Wildman–Crippen LogP) is 4.54. The van der Waals surface area contributed by atoms with Crippen molar-refractivity contribution in [1.82, 2.24) is 5.32 Å². The van der Waals surface area contributed by atoms with E-state index in [1.54, 1.807) is 12.1 Å². The molecule has 2 unspecified atom stereocenters. The minimum absolute atomic E-state index is 0.116. The highest BCUT2D eigenvalue weighted by molar-refractivity contribution is 5.24. The Hall–Kier alpha value is -0.960. The van der Waals surface area contributed by atoms with Crippen LogP contribution in [0.4, 0.5) is 8.78 Å². The smallest absolute Gasteiger partial charge is 0.263 e. The Morgan fingerprint density at radius 2 is 2.16 bits per heavy atom. The van der Waals surface area contributed by atoms with Crippen molar-refractivity contribution in [3.8, 4) is 0 Å². The summed E-state index contributed by atoms with van der Waals surface area (Å²) in [4.78, 5) is 0. The van der Waals surface area contributed by atoms with Crippen LogP contribution in [0.5, 0.6) is 0 Å². The van der Waals surface area contributed by atoms with Crippen molar-refractivity contribution in [2.24, 2.45) is 11.8 Å². The van der Waals surface area contributed by atoms with E-state index in [2.05, 4.69) is 12.2 Å². The number of nitrogens with one attached hydrogen (secondary N) is 1. The molecule has 0 aliphatic heterocycles. The van der Waals surface area contributed by atoms with Crippen LogP contribution in [0.15, 0.2) is 24.3 Å². The standard InChI is InChI=1S/C16H23F2N/c1-12-4-2-5-13(8-12)10-19-11-14-6-3-7-15(9-14)16(17)18/h3,6-7,9,12-13,16,19H,2,4-5,8,10-11H2,1H3. The van der Waals surface area contributed by atoms with Gasteiger partial charge in [0, 0.05) is 12.1 Å². The molecule has 1 aliphatic rings. The molecule has 3 heteroatoms. The fourth-order valence-corrected chi connectivity index (χ4v) is 3.00. The summed E-state index contributed by atoms with van der Waals surface area (Å²) in [7, 11) is 0. The van der Waals surface area contributed by atoms with Crippen LogP contribution < -0.4 is 5.32 Å². The average molecular weight is 267 g/mol. The Bertz CT molecular complexity index is 392. The molecule has 1 aromatic rings. The lowest BCUT2D eigenvalue weighted by atomic mass is 9.82. The van der Waals surface area contributed by atoms with Gasteiger partial charge >= 0.3 is 0 Å². The van der Waals surface area contributed by atoms with Gasteiger partial charge in [0.05, 0.1) is 0 Å². The van der Waals surface area contributed by atoms with E-state index < -0.39 is 6.43 Å². The highest BCUT2D eigenvalue weighted by Gasteiger charge is 2.18. The quantitative estimate of drug-likeness (QED) is 0.826. The van der Waals surface area contributed by atoms with Gasteiger partial charge in [0.15, 0.2) is 0 Å². The van der Waals surface area contributed by atoms with Crippen molar-refractivity contribution in [1.29, 1.82) is 0 Å². The van der Waals surface area contributed by atoms with Crippen LogP contribution in [-0.4, -0.2) is 6.54 Å². The molecule has 2 rings (SSSR count). The third-order valence-corrected chi connectivity index (χ3v) is 4.01. The molecule has 0 radical (unpaired) electrons. The first-order valence-corrected chi connectivity index (χ1v) is 7.23. The van der Waals surface area contributed by atoms with E-state index in [0.29, 0.717) is 6.54 Å². The molecular formula is C16H23F2N. The number of hydrogen-bond acceptors (Lipinski definition) is 1. The Balaban J connectivity index is 1.77. The number of benzene rings is 1. The Morgan fingerprint density at radius 1 is 1.32 bits per heavy atom. The van der Waals surface area contributed by atoms with Gasteiger partial charge in [-0.15, -0.1) is 0 Å². The van der Waals surface area contributed by atoms with Gasteiger partial charge in [0.25, 0.3) is 6.43 Å². The third kappa shape index (κ3) is 4.57. The van der Waals surface area contributed by atoms with E-state index in [1.807, 2.05) is 6.07 Å². The molecule has 1 N–H and O–H groups in total. The van der Waals surface area contributed by atoms with E-state index in [-0.39, 0.29) is 5.56 Å². The summed E-state index contributed by atoms with van der Waals surface area (Å²) in [5.41, 5.74) is 1.06. The van der Waals surface area contributed by atoms with Crippen LogP contribution in [0.3, 0.4) is 0 Å². The summed E-state index contributed by atoms with van der Waals surface area (Å²) in [6.45, 7) is 4.01. The molecule has 0 aromatic heterocycles. The summed E-state index contributed by atoms with van der Waals surface area (Å²) in [5.74, 6) is 1.59. The summed E-state index contributed by atoms with van der Waals surface area (Å²) in [6.07, 6.45) is 2.90. The van der Waals surface area contributed by atoms with E-state index in [0.717, 1.165) is 23.9 Å².